The van der Waals surface area contributed by atoms with Crippen LogP contribution in [-0.4, -0.2) is 39.5 Å². The summed E-state index contributed by atoms with van der Waals surface area (Å²) in [6.45, 7) is 9.51. The van der Waals surface area contributed by atoms with Crippen LogP contribution in [-0.2, 0) is 9.47 Å². The van der Waals surface area contributed by atoms with Crippen LogP contribution in [0.15, 0.2) is 0 Å². The van der Waals surface area contributed by atoms with Gasteiger partial charge in [0, 0.05) is 26.3 Å². The minimum atomic E-state index is 0.771. The van der Waals surface area contributed by atoms with Gasteiger partial charge in [0.1, 0.15) is 0 Å². The molecule has 0 amide bonds. The van der Waals surface area contributed by atoms with Crippen LogP contribution in [0, 0.1) is 0 Å². The molecule has 3 nitrogen and oxygen atoms in total. The lowest BCUT2D eigenvalue weighted by Gasteiger charge is -2.06. The van der Waals surface area contributed by atoms with Gasteiger partial charge in [0.15, 0.2) is 0 Å². The highest BCUT2D eigenvalue weighted by Gasteiger charge is 1.95. The van der Waals surface area contributed by atoms with Crippen molar-refractivity contribution in [1.29, 1.82) is 0 Å². The number of nitrogens with zero attached hydrogens (tertiary/aromatic N) is 1. The Morgan fingerprint density at radius 2 is 0.800 bits per heavy atom. The van der Waals surface area contributed by atoms with E-state index in [-0.39, 0.29) is 0 Å². The Balaban J connectivity index is 2.94. The number of rotatable bonds is 22. The first-order valence-corrected chi connectivity index (χ1v) is 11.2. The van der Waals surface area contributed by atoms with E-state index in [1.54, 1.807) is 0 Å². The van der Waals surface area contributed by atoms with Crippen LogP contribution in [0.1, 0.15) is 104 Å². The normalized spacial score (nSPS) is 11.3. The van der Waals surface area contributed by atoms with E-state index in [0.717, 1.165) is 39.5 Å². The molecule has 1 radical (unpaired) electrons. The van der Waals surface area contributed by atoms with Gasteiger partial charge in [-0.05, 0) is 12.8 Å². The fraction of sp³-hybridized carbons (Fsp3) is 1.00. The van der Waals surface area contributed by atoms with Crippen molar-refractivity contribution in [2.75, 3.05) is 39.5 Å². The molecule has 0 rings (SSSR count). The zero-order chi connectivity index (χ0) is 18.3. The first-order chi connectivity index (χ1) is 12.4. The second kappa shape index (κ2) is 23.9. The van der Waals surface area contributed by atoms with Gasteiger partial charge in [0.25, 0.3) is 0 Å². The Kier molecular flexibility index (Phi) is 23.8. The van der Waals surface area contributed by atoms with Crippen molar-refractivity contribution in [2.45, 2.75) is 104 Å². The number of hydrogen-bond donors (Lipinski definition) is 0. The van der Waals surface area contributed by atoms with E-state index in [1.807, 2.05) is 0 Å². The molecule has 0 spiro atoms. The maximum Gasteiger partial charge on any atom is 0.0607 e. The fourth-order valence-electron chi connectivity index (χ4n) is 2.90. The molecule has 25 heavy (non-hydrogen) atoms. The summed E-state index contributed by atoms with van der Waals surface area (Å²) >= 11 is 0. The lowest BCUT2D eigenvalue weighted by Crippen LogP contribution is -2.18. The van der Waals surface area contributed by atoms with Crippen LogP contribution in [0.5, 0.6) is 0 Å². The first-order valence-electron chi connectivity index (χ1n) is 11.2. The second-order valence-electron chi connectivity index (χ2n) is 7.14. The summed E-state index contributed by atoms with van der Waals surface area (Å²) in [5, 5.41) is 4.46. The summed E-state index contributed by atoms with van der Waals surface area (Å²) in [5.74, 6) is 0. The predicted molar refractivity (Wildman–Crippen MR) is 109 cm³/mol. The third-order valence-corrected chi connectivity index (χ3v) is 4.57. The molecule has 0 unspecified atom stereocenters. The standard InChI is InChI=1S/C22H46NO2/c1-3-5-7-9-11-13-15-19-24-21-17-23-18-22-25-20-16-14-12-10-8-6-4-2/h3-22H2,1-2H3. The minimum absolute atomic E-state index is 0.771. The molecule has 0 aliphatic rings. The van der Waals surface area contributed by atoms with Gasteiger partial charge in [-0.3, -0.25) is 0 Å². The van der Waals surface area contributed by atoms with Crippen LogP contribution in [0.4, 0.5) is 0 Å². The molecule has 0 saturated heterocycles. The van der Waals surface area contributed by atoms with Gasteiger partial charge in [-0.15, -0.1) is 0 Å². The van der Waals surface area contributed by atoms with Crippen molar-refractivity contribution < 1.29 is 9.47 Å². The van der Waals surface area contributed by atoms with Crippen molar-refractivity contribution >= 4 is 0 Å². The van der Waals surface area contributed by atoms with E-state index in [4.69, 9.17) is 9.47 Å². The first kappa shape index (κ1) is 24.9. The minimum Gasteiger partial charge on any atom is -0.380 e. The van der Waals surface area contributed by atoms with E-state index in [2.05, 4.69) is 19.2 Å². The molecule has 0 atom stereocenters. The molecule has 0 N–H and O–H groups in total. The van der Waals surface area contributed by atoms with Crippen LogP contribution in [0.25, 0.3) is 0 Å². The van der Waals surface area contributed by atoms with Crippen molar-refractivity contribution in [2.24, 2.45) is 0 Å². The summed E-state index contributed by atoms with van der Waals surface area (Å²) in [6.07, 6.45) is 18.8. The van der Waals surface area contributed by atoms with Crippen LogP contribution in [0.2, 0.25) is 0 Å². The lowest BCUT2D eigenvalue weighted by molar-refractivity contribution is 0.116. The zero-order valence-corrected chi connectivity index (χ0v) is 17.4. The average Bonchev–Trinajstić information content (AvgIpc) is 2.63. The van der Waals surface area contributed by atoms with Crippen molar-refractivity contribution in [3.63, 3.8) is 0 Å². The van der Waals surface area contributed by atoms with Gasteiger partial charge in [0.2, 0.25) is 0 Å². The fourth-order valence-corrected chi connectivity index (χ4v) is 2.90. The van der Waals surface area contributed by atoms with E-state index >= 15 is 0 Å². The van der Waals surface area contributed by atoms with Crippen molar-refractivity contribution in [3.8, 4) is 0 Å². The van der Waals surface area contributed by atoms with E-state index < -0.39 is 0 Å². The molecule has 0 bridgehead atoms. The predicted octanol–water partition coefficient (Wildman–Crippen LogP) is 6.13. The molecule has 3 heteroatoms. The number of unbranched alkanes of at least 4 members (excludes halogenated alkanes) is 12. The summed E-state index contributed by atoms with van der Waals surface area (Å²) in [4.78, 5) is 0. The molecule has 0 heterocycles. The Morgan fingerprint density at radius 3 is 1.20 bits per heavy atom. The monoisotopic (exact) mass is 356 g/mol. The molecular weight excluding hydrogens is 310 g/mol. The van der Waals surface area contributed by atoms with Crippen molar-refractivity contribution in [3.05, 3.63) is 0 Å². The smallest absolute Gasteiger partial charge is 0.0607 e. The zero-order valence-electron chi connectivity index (χ0n) is 17.4. The molecule has 0 fully saturated rings. The molecule has 0 aliphatic carbocycles. The van der Waals surface area contributed by atoms with Crippen LogP contribution in [0.3, 0.4) is 0 Å². The largest absolute Gasteiger partial charge is 0.380 e. The topological polar surface area (TPSA) is 32.6 Å². The van der Waals surface area contributed by atoms with Gasteiger partial charge < -0.3 is 9.47 Å². The molecular formula is C22H46NO2. The molecule has 0 aromatic carbocycles. The maximum atomic E-state index is 5.63. The molecule has 0 saturated carbocycles. The van der Waals surface area contributed by atoms with Gasteiger partial charge in [-0.1, -0.05) is 90.9 Å². The maximum absolute atomic E-state index is 5.63. The third-order valence-electron chi connectivity index (χ3n) is 4.57. The Morgan fingerprint density at radius 1 is 0.440 bits per heavy atom. The van der Waals surface area contributed by atoms with E-state index in [0.29, 0.717) is 0 Å². The summed E-state index contributed by atoms with van der Waals surface area (Å²) in [7, 11) is 0. The van der Waals surface area contributed by atoms with E-state index in [9.17, 15) is 0 Å². The molecule has 151 valence electrons. The summed E-state index contributed by atoms with van der Waals surface area (Å²) < 4.78 is 11.3. The highest BCUT2D eigenvalue weighted by atomic mass is 16.5. The second-order valence-corrected chi connectivity index (χ2v) is 7.14. The van der Waals surface area contributed by atoms with Crippen molar-refractivity contribution in [1.82, 2.24) is 5.32 Å². The van der Waals surface area contributed by atoms with Gasteiger partial charge in [-0.25, -0.2) is 5.32 Å². The number of hydrogen-bond acceptors (Lipinski definition) is 2. The van der Waals surface area contributed by atoms with Gasteiger partial charge in [-0.2, -0.15) is 0 Å². The lowest BCUT2D eigenvalue weighted by atomic mass is 10.1. The highest BCUT2D eigenvalue weighted by molar-refractivity contribution is 4.48. The Labute approximate surface area is 158 Å². The van der Waals surface area contributed by atoms with E-state index in [1.165, 1.54) is 89.9 Å². The third kappa shape index (κ3) is 23.9. The summed E-state index contributed by atoms with van der Waals surface area (Å²) in [5.41, 5.74) is 0. The van der Waals surface area contributed by atoms with Gasteiger partial charge >= 0.3 is 0 Å². The average molecular weight is 357 g/mol. The number of ether oxygens (including phenoxy) is 2. The molecule has 0 aliphatic heterocycles. The molecule has 0 aromatic heterocycles. The quantitative estimate of drug-likeness (QED) is 0.219. The molecule has 0 aromatic rings. The summed E-state index contributed by atoms with van der Waals surface area (Å²) in [6, 6.07) is 0. The highest BCUT2D eigenvalue weighted by Crippen LogP contribution is 2.07. The van der Waals surface area contributed by atoms with Crippen LogP contribution < -0.4 is 5.32 Å². The van der Waals surface area contributed by atoms with Crippen LogP contribution >= 0.6 is 0 Å². The SMILES string of the molecule is CCCCCCCCCOCC[N]CCOCCCCCCCCC. The Bertz CT molecular complexity index is 202. The van der Waals surface area contributed by atoms with Gasteiger partial charge in [0.05, 0.1) is 13.2 Å². The Hall–Kier alpha value is -0.120.